The summed E-state index contributed by atoms with van der Waals surface area (Å²) in [5.41, 5.74) is -1.86. The average molecular weight is 655 g/mol. The lowest BCUT2D eigenvalue weighted by molar-refractivity contribution is -0.160. The number of fused-ring (bicyclic) bond motifs is 1. The molecular weight excluding hydrogens is 606 g/mol. The van der Waals surface area contributed by atoms with Gasteiger partial charge in [-0.15, -0.1) is 13.2 Å². The molecule has 0 aromatic heterocycles. The minimum atomic E-state index is -1.27. The molecule has 9 atom stereocenters. The Kier molecular flexibility index (Phi) is 11.1. The van der Waals surface area contributed by atoms with E-state index in [0.717, 1.165) is 0 Å². The van der Waals surface area contributed by atoms with Crippen LogP contribution < -0.4 is 5.32 Å². The Hall–Kier alpha value is -2.24. The molecule has 1 spiro atoms. The number of aliphatic hydroxyl groups excluding tert-OH is 1. The standard InChI is InChI=1S/C31H48BrN3O7/c1-9-12-13-22(37)33-16-19(5)41-29(40)23-24-27(38)35(21(17-36)18(4)11-3)26(31(24)15-20(32)25(23)42-31)28(39)34(14-10-2)30(6,7)8/h9-10,18-21,23-26,36H,1-2,11-17H2,3-8H3,(H,33,37)/t18-,19-,20?,21-,23+,24-,25+,26+,31-/m0/s1. The number of amides is 3. The molecule has 3 fully saturated rings. The van der Waals surface area contributed by atoms with Gasteiger partial charge in [-0.05, 0) is 46.5 Å². The van der Waals surface area contributed by atoms with E-state index in [0.29, 0.717) is 19.3 Å². The van der Waals surface area contributed by atoms with Gasteiger partial charge in [-0.2, -0.15) is 0 Å². The number of aliphatic hydroxyl groups is 1. The van der Waals surface area contributed by atoms with E-state index in [1.165, 1.54) is 4.90 Å². The number of alkyl halides is 1. The number of esters is 1. The van der Waals surface area contributed by atoms with Crippen molar-refractivity contribution in [2.24, 2.45) is 17.8 Å². The number of hydrogen-bond donors (Lipinski definition) is 2. The third kappa shape index (κ3) is 6.33. The van der Waals surface area contributed by atoms with Gasteiger partial charge >= 0.3 is 5.97 Å². The van der Waals surface area contributed by atoms with Gasteiger partial charge in [0.15, 0.2) is 0 Å². The zero-order chi connectivity index (χ0) is 31.6. The SMILES string of the molecule is C=CCCC(=O)NC[C@H](C)OC(=O)[C@H]1[C@@H]2O[C@@]3(CC2Br)[C@@H]1C(=O)N([C@@H](CO)[C@@H](C)CC)[C@@H]3C(=O)N(CC=C)C(C)(C)C. The highest BCUT2D eigenvalue weighted by molar-refractivity contribution is 9.09. The van der Waals surface area contributed by atoms with E-state index in [9.17, 15) is 24.3 Å². The number of allylic oxidation sites excluding steroid dienone is 1. The molecule has 0 aromatic rings. The highest BCUT2D eigenvalue weighted by Crippen LogP contribution is 2.61. The highest BCUT2D eigenvalue weighted by Gasteiger charge is 2.78. The van der Waals surface area contributed by atoms with Crippen LogP contribution in [0.4, 0.5) is 0 Å². The van der Waals surface area contributed by atoms with Gasteiger partial charge in [0.1, 0.15) is 17.7 Å². The molecule has 42 heavy (non-hydrogen) atoms. The minimum Gasteiger partial charge on any atom is -0.460 e. The number of ether oxygens (including phenoxy) is 2. The monoisotopic (exact) mass is 653 g/mol. The predicted octanol–water partition coefficient (Wildman–Crippen LogP) is 2.97. The molecule has 236 valence electrons. The number of nitrogens with one attached hydrogen (secondary N) is 1. The van der Waals surface area contributed by atoms with E-state index < -0.39 is 53.2 Å². The molecule has 0 saturated carbocycles. The summed E-state index contributed by atoms with van der Waals surface area (Å²) in [5, 5.41) is 13.3. The van der Waals surface area contributed by atoms with E-state index in [2.05, 4.69) is 34.4 Å². The van der Waals surface area contributed by atoms with Gasteiger partial charge in [0.25, 0.3) is 0 Å². The molecule has 2 bridgehead atoms. The van der Waals surface area contributed by atoms with Crippen LogP contribution in [-0.2, 0) is 28.7 Å². The number of likely N-dealkylation sites (tertiary alicyclic amines) is 1. The fourth-order valence-corrected chi connectivity index (χ4v) is 7.60. The Morgan fingerprint density at radius 1 is 1.29 bits per heavy atom. The minimum absolute atomic E-state index is 0.112. The van der Waals surface area contributed by atoms with Crippen molar-refractivity contribution in [1.82, 2.24) is 15.1 Å². The van der Waals surface area contributed by atoms with Crippen molar-refractivity contribution in [3.63, 3.8) is 0 Å². The second-order valence-electron chi connectivity index (χ2n) is 12.8. The predicted molar refractivity (Wildman–Crippen MR) is 163 cm³/mol. The molecule has 3 heterocycles. The van der Waals surface area contributed by atoms with Crippen LogP contribution in [0.15, 0.2) is 25.3 Å². The van der Waals surface area contributed by atoms with Gasteiger partial charge in [0.05, 0.1) is 37.1 Å². The van der Waals surface area contributed by atoms with Crippen LogP contribution in [0.2, 0.25) is 0 Å². The lowest BCUT2D eigenvalue weighted by atomic mass is 9.70. The molecule has 2 N–H and O–H groups in total. The highest BCUT2D eigenvalue weighted by atomic mass is 79.9. The molecule has 3 amide bonds. The van der Waals surface area contributed by atoms with Crippen LogP contribution in [0.1, 0.15) is 67.2 Å². The quantitative estimate of drug-likeness (QED) is 0.168. The molecule has 10 nitrogen and oxygen atoms in total. The van der Waals surface area contributed by atoms with Crippen molar-refractivity contribution < 1.29 is 33.8 Å². The molecule has 1 unspecified atom stereocenters. The maximum atomic E-state index is 14.5. The summed E-state index contributed by atoms with van der Waals surface area (Å²) in [5.74, 6) is -3.47. The number of carbonyl (C=O) groups is 4. The van der Waals surface area contributed by atoms with Crippen LogP contribution >= 0.6 is 15.9 Å². The second kappa shape index (κ2) is 13.6. The number of nitrogens with zero attached hydrogens (tertiary/aromatic N) is 2. The first-order valence-corrected chi connectivity index (χ1v) is 15.9. The van der Waals surface area contributed by atoms with Crippen LogP contribution in [-0.4, -0.2) is 98.6 Å². The van der Waals surface area contributed by atoms with E-state index >= 15 is 0 Å². The fraction of sp³-hybridized carbons (Fsp3) is 0.742. The molecule has 0 aliphatic carbocycles. The van der Waals surface area contributed by atoms with Gasteiger partial charge in [-0.1, -0.05) is 48.4 Å². The van der Waals surface area contributed by atoms with Crippen molar-refractivity contribution >= 4 is 39.6 Å². The van der Waals surface area contributed by atoms with E-state index in [1.807, 2.05) is 34.6 Å². The Bertz CT molecular complexity index is 1060. The summed E-state index contributed by atoms with van der Waals surface area (Å²) < 4.78 is 12.4. The Morgan fingerprint density at radius 2 is 1.95 bits per heavy atom. The lowest BCUT2D eigenvalue weighted by Gasteiger charge is -2.44. The number of halogens is 1. The normalized spacial score (nSPS) is 30.3. The van der Waals surface area contributed by atoms with Crippen molar-refractivity contribution in [2.75, 3.05) is 19.7 Å². The van der Waals surface area contributed by atoms with Crippen molar-refractivity contribution in [3.05, 3.63) is 25.3 Å². The topological polar surface area (TPSA) is 125 Å². The molecule has 3 rings (SSSR count). The number of carbonyl (C=O) groups excluding carboxylic acids is 4. The summed E-state index contributed by atoms with van der Waals surface area (Å²) in [6.07, 6.45) is 3.85. The van der Waals surface area contributed by atoms with Crippen molar-refractivity contribution in [1.29, 1.82) is 0 Å². The molecule has 3 saturated heterocycles. The largest absolute Gasteiger partial charge is 0.460 e. The molecule has 3 aliphatic rings. The number of hydrogen-bond acceptors (Lipinski definition) is 7. The smallest absolute Gasteiger partial charge is 0.312 e. The third-order valence-corrected chi connectivity index (χ3v) is 9.79. The number of rotatable bonds is 14. The zero-order valence-electron chi connectivity index (χ0n) is 25.8. The van der Waals surface area contributed by atoms with Crippen molar-refractivity contribution in [2.45, 2.75) is 107 Å². The van der Waals surface area contributed by atoms with Gasteiger partial charge in [-0.25, -0.2) is 0 Å². The van der Waals surface area contributed by atoms with Crippen LogP contribution in [0, 0.1) is 17.8 Å². The summed E-state index contributed by atoms with van der Waals surface area (Å²) in [6, 6.07) is -1.68. The van der Waals surface area contributed by atoms with E-state index in [4.69, 9.17) is 9.47 Å². The second-order valence-corrected chi connectivity index (χ2v) is 14.0. The Labute approximate surface area is 258 Å². The first kappa shape index (κ1) is 34.3. The maximum absolute atomic E-state index is 14.5. The molecular formula is C31H48BrN3O7. The van der Waals surface area contributed by atoms with Gasteiger partial charge < -0.3 is 29.7 Å². The van der Waals surface area contributed by atoms with E-state index in [1.54, 1.807) is 24.0 Å². The Morgan fingerprint density at radius 3 is 2.50 bits per heavy atom. The summed E-state index contributed by atoms with van der Waals surface area (Å²) in [4.78, 5) is 57.6. The lowest BCUT2D eigenvalue weighted by Crippen LogP contribution is -2.62. The van der Waals surface area contributed by atoms with Crippen LogP contribution in [0.5, 0.6) is 0 Å². The summed E-state index contributed by atoms with van der Waals surface area (Å²) in [6.45, 7) is 18.8. The van der Waals surface area contributed by atoms with Gasteiger partial charge in [0.2, 0.25) is 17.7 Å². The van der Waals surface area contributed by atoms with Crippen molar-refractivity contribution in [3.8, 4) is 0 Å². The van der Waals surface area contributed by atoms with Gasteiger partial charge in [0, 0.05) is 23.3 Å². The van der Waals surface area contributed by atoms with E-state index in [-0.39, 0.29) is 54.6 Å². The molecule has 0 radical (unpaired) electrons. The average Bonchev–Trinajstić information content (AvgIpc) is 3.52. The molecule has 11 heteroatoms. The summed E-state index contributed by atoms with van der Waals surface area (Å²) >= 11 is 3.68. The third-order valence-electron chi connectivity index (χ3n) is 8.95. The fourth-order valence-electron chi connectivity index (χ4n) is 6.66. The van der Waals surface area contributed by atoms with Crippen LogP contribution in [0.3, 0.4) is 0 Å². The Balaban J connectivity index is 2.00. The molecule has 3 aliphatic heterocycles. The zero-order valence-corrected chi connectivity index (χ0v) is 27.4. The maximum Gasteiger partial charge on any atom is 0.312 e. The summed E-state index contributed by atoms with van der Waals surface area (Å²) in [7, 11) is 0. The van der Waals surface area contributed by atoms with Crippen LogP contribution in [0.25, 0.3) is 0 Å². The van der Waals surface area contributed by atoms with Gasteiger partial charge in [-0.3, -0.25) is 19.2 Å². The first-order valence-electron chi connectivity index (χ1n) is 14.9. The molecule has 0 aromatic carbocycles. The first-order chi connectivity index (χ1) is 19.7.